The van der Waals surface area contributed by atoms with Crippen LogP contribution in [0.5, 0.6) is 0 Å². The third-order valence-corrected chi connectivity index (χ3v) is 1.63. The molecule has 0 aliphatic rings. The lowest BCUT2D eigenvalue weighted by atomic mass is 10.4. The van der Waals surface area contributed by atoms with Gasteiger partial charge in [-0.3, -0.25) is 0 Å². The second-order valence-electron chi connectivity index (χ2n) is 2.23. The maximum atomic E-state index is 10.5. The lowest BCUT2D eigenvalue weighted by Gasteiger charge is -2.08. The van der Waals surface area contributed by atoms with Crippen LogP contribution >= 0.6 is 0 Å². The first kappa shape index (κ1) is 10.8. The molecule has 0 saturated carbocycles. The van der Waals surface area contributed by atoms with Crippen molar-refractivity contribution < 1.29 is 18.3 Å². The molecular formula is C5H13NO4S. The van der Waals surface area contributed by atoms with Gasteiger partial charge < -0.3 is 9.84 Å². The molecule has 1 unspecified atom stereocenters. The monoisotopic (exact) mass is 183 g/mol. The van der Waals surface area contributed by atoms with Crippen molar-refractivity contribution in [1.82, 2.24) is 4.72 Å². The highest BCUT2D eigenvalue weighted by atomic mass is 32.2. The van der Waals surface area contributed by atoms with Gasteiger partial charge in [0.05, 0.1) is 19.0 Å². The smallest absolute Gasteiger partial charge is 0.208 e. The predicted octanol–water partition coefficient (Wildman–Crippen LogP) is -1.46. The number of aliphatic hydroxyl groups excluding tert-OH is 1. The Morgan fingerprint density at radius 2 is 2.18 bits per heavy atom. The summed E-state index contributed by atoms with van der Waals surface area (Å²) in [6.45, 7) is 0.120. The minimum atomic E-state index is -3.20. The molecule has 0 bridgehead atoms. The van der Waals surface area contributed by atoms with E-state index < -0.39 is 16.1 Å². The summed E-state index contributed by atoms with van der Waals surface area (Å²) in [5, 5.41) is 8.96. The highest BCUT2D eigenvalue weighted by Crippen LogP contribution is 1.82. The highest BCUT2D eigenvalue weighted by molar-refractivity contribution is 7.88. The van der Waals surface area contributed by atoms with Gasteiger partial charge >= 0.3 is 0 Å². The molecule has 0 saturated heterocycles. The molecule has 0 aromatic rings. The Hall–Kier alpha value is -0.170. The van der Waals surface area contributed by atoms with Gasteiger partial charge in [0.25, 0.3) is 0 Å². The van der Waals surface area contributed by atoms with Gasteiger partial charge in [0, 0.05) is 13.7 Å². The maximum Gasteiger partial charge on any atom is 0.208 e. The van der Waals surface area contributed by atoms with E-state index in [4.69, 9.17) is 5.11 Å². The zero-order chi connectivity index (χ0) is 8.91. The zero-order valence-electron chi connectivity index (χ0n) is 6.57. The Kier molecular flexibility index (Phi) is 4.58. The molecule has 68 valence electrons. The van der Waals surface area contributed by atoms with E-state index in [1.807, 2.05) is 0 Å². The first-order valence-electron chi connectivity index (χ1n) is 3.07. The van der Waals surface area contributed by atoms with Crippen LogP contribution < -0.4 is 4.72 Å². The molecule has 0 aliphatic carbocycles. The number of ether oxygens (including phenoxy) is 1. The van der Waals surface area contributed by atoms with Crippen LogP contribution in [0.2, 0.25) is 0 Å². The molecule has 5 nitrogen and oxygen atoms in total. The molecule has 6 heteroatoms. The van der Waals surface area contributed by atoms with Crippen molar-refractivity contribution in [3.63, 3.8) is 0 Å². The average Bonchev–Trinajstić information content (AvgIpc) is 1.83. The van der Waals surface area contributed by atoms with Gasteiger partial charge in [0.1, 0.15) is 0 Å². The molecule has 0 aromatic heterocycles. The summed E-state index contributed by atoms with van der Waals surface area (Å²) in [5.74, 6) is 0. The van der Waals surface area contributed by atoms with E-state index in [2.05, 4.69) is 9.46 Å². The quantitative estimate of drug-likeness (QED) is 0.546. The van der Waals surface area contributed by atoms with Crippen LogP contribution in [0, 0.1) is 0 Å². The summed E-state index contributed by atoms with van der Waals surface area (Å²) in [6.07, 6.45) is 0.252. The Balaban J connectivity index is 3.54. The summed E-state index contributed by atoms with van der Waals surface area (Å²) in [6, 6.07) is 0. The van der Waals surface area contributed by atoms with Gasteiger partial charge in [0.2, 0.25) is 10.0 Å². The van der Waals surface area contributed by atoms with Crippen LogP contribution in [0.25, 0.3) is 0 Å². The van der Waals surface area contributed by atoms with Gasteiger partial charge in [-0.2, -0.15) is 0 Å². The van der Waals surface area contributed by atoms with E-state index in [-0.39, 0.29) is 13.2 Å². The van der Waals surface area contributed by atoms with E-state index in [0.29, 0.717) is 0 Å². The molecule has 0 heterocycles. The standard InChI is InChI=1S/C5H13NO4S/c1-10-4-5(7)3-6-11(2,8)9/h5-7H,3-4H2,1-2H3. The summed E-state index contributed by atoms with van der Waals surface area (Å²) >= 11 is 0. The van der Waals surface area contributed by atoms with E-state index in [1.54, 1.807) is 0 Å². The fraction of sp³-hybridized carbons (Fsp3) is 1.00. The van der Waals surface area contributed by atoms with Crippen molar-refractivity contribution in [1.29, 1.82) is 0 Å². The molecule has 0 amide bonds. The topological polar surface area (TPSA) is 75.6 Å². The van der Waals surface area contributed by atoms with Crippen LogP contribution in [0.1, 0.15) is 0 Å². The average molecular weight is 183 g/mol. The van der Waals surface area contributed by atoms with Gasteiger partial charge in [-0.1, -0.05) is 0 Å². The fourth-order valence-corrected chi connectivity index (χ4v) is 0.994. The summed E-state index contributed by atoms with van der Waals surface area (Å²) in [7, 11) is -1.77. The number of rotatable bonds is 5. The van der Waals surface area contributed by atoms with Crippen LogP contribution in [-0.2, 0) is 14.8 Å². The van der Waals surface area contributed by atoms with E-state index >= 15 is 0 Å². The van der Waals surface area contributed by atoms with Gasteiger partial charge in [-0.15, -0.1) is 0 Å². The predicted molar refractivity (Wildman–Crippen MR) is 40.7 cm³/mol. The first-order chi connectivity index (χ1) is 4.95. The van der Waals surface area contributed by atoms with Crippen molar-refractivity contribution in [2.45, 2.75) is 6.10 Å². The van der Waals surface area contributed by atoms with Crippen LogP contribution in [0.3, 0.4) is 0 Å². The Morgan fingerprint density at radius 3 is 2.55 bits per heavy atom. The van der Waals surface area contributed by atoms with Crippen molar-refractivity contribution in [3.05, 3.63) is 0 Å². The minimum absolute atomic E-state index is 0.00727. The molecule has 0 spiro atoms. The fourth-order valence-electron chi connectivity index (χ4n) is 0.499. The summed E-state index contributed by atoms with van der Waals surface area (Å²) < 4.78 is 27.7. The lowest BCUT2D eigenvalue weighted by molar-refractivity contribution is 0.0679. The van der Waals surface area contributed by atoms with Crippen molar-refractivity contribution in [2.75, 3.05) is 26.5 Å². The normalized spacial score (nSPS) is 14.8. The number of methoxy groups -OCH3 is 1. The minimum Gasteiger partial charge on any atom is -0.389 e. The van der Waals surface area contributed by atoms with Crippen molar-refractivity contribution in [3.8, 4) is 0 Å². The zero-order valence-corrected chi connectivity index (χ0v) is 7.39. The molecule has 0 aliphatic heterocycles. The molecule has 1 atom stereocenters. The second-order valence-corrected chi connectivity index (χ2v) is 4.06. The van der Waals surface area contributed by atoms with Crippen LogP contribution in [0.4, 0.5) is 0 Å². The summed E-state index contributed by atoms with van der Waals surface area (Å²) in [5.41, 5.74) is 0. The Labute approximate surface area is 66.4 Å². The third-order valence-electron chi connectivity index (χ3n) is 0.940. The van der Waals surface area contributed by atoms with Crippen LogP contribution in [0.15, 0.2) is 0 Å². The number of sulfonamides is 1. The Bertz CT molecular complexity index is 189. The van der Waals surface area contributed by atoms with Crippen LogP contribution in [-0.4, -0.2) is 46.1 Å². The lowest BCUT2D eigenvalue weighted by Crippen LogP contribution is -2.33. The van der Waals surface area contributed by atoms with Crippen molar-refractivity contribution in [2.24, 2.45) is 0 Å². The largest absolute Gasteiger partial charge is 0.389 e. The van der Waals surface area contributed by atoms with Gasteiger partial charge in [-0.05, 0) is 0 Å². The highest BCUT2D eigenvalue weighted by Gasteiger charge is 2.06. The number of hydrogen-bond acceptors (Lipinski definition) is 4. The first-order valence-corrected chi connectivity index (χ1v) is 4.96. The van der Waals surface area contributed by atoms with E-state index in [9.17, 15) is 8.42 Å². The maximum absolute atomic E-state index is 10.5. The van der Waals surface area contributed by atoms with Gasteiger partial charge in [-0.25, -0.2) is 13.1 Å². The number of hydrogen-bond donors (Lipinski definition) is 2. The van der Waals surface area contributed by atoms with Crippen molar-refractivity contribution >= 4 is 10.0 Å². The molecular weight excluding hydrogens is 170 g/mol. The number of aliphatic hydroxyl groups is 1. The number of nitrogens with one attached hydrogen (secondary N) is 1. The molecule has 0 rings (SSSR count). The Morgan fingerprint density at radius 1 is 1.64 bits per heavy atom. The SMILES string of the molecule is COCC(O)CNS(C)(=O)=O. The van der Waals surface area contributed by atoms with Gasteiger partial charge in [0.15, 0.2) is 0 Å². The van der Waals surface area contributed by atoms with E-state index in [0.717, 1.165) is 6.26 Å². The molecule has 0 aromatic carbocycles. The molecule has 11 heavy (non-hydrogen) atoms. The molecule has 0 fully saturated rings. The third kappa shape index (κ3) is 7.73. The summed E-state index contributed by atoms with van der Waals surface area (Å²) in [4.78, 5) is 0. The molecule has 2 N–H and O–H groups in total. The second kappa shape index (κ2) is 4.66. The molecule has 0 radical (unpaired) electrons. The van der Waals surface area contributed by atoms with E-state index in [1.165, 1.54) is 7.11 Å².